The number of hydrogen-bond donors (Lipinski definition) is 2. The van der Waals surface area contributed by atoms with Gasteiger partial charge in [-0.3, -0.25) is 9.59 Å². The Morgan fingerprint density at radius 3 is 2.45 bits per heavy atom. The van der Waals surface area contributed by atoms with Crippen LogP contribution in [-0.4, -0.2) is 42.4 Å². The first kappa shape index (κ1) is 14.4. The Bertz CT molecular complexity index is 453. The number of carbonyl (C=O) groups is 2. The lowest BCUT2D eigenvalue weighted by Crippen LogP contribution is -2.47. The van der Waals surface area contributed by atoms with Crippen molar-refractivity contribution in [1.82, 2.24) is 10.2 Å². The smallest absolute Gasteiger partial charge is 0.241 e. The molecule has 0 unspecified atom stereocenters. The van der Waals surface area contributed by atoms with Crippen LogP contribution in [0.15, 0.2) is 30.3 Å². The van der Waals surface area contributed by atoms with Gasteiger partial charge in [0.25, 0.3) is 0 Å². The van der Waals surface area contributed by atoms with Crippen LogP contribution < -0.4 is 10.6 Å². The van der Waals surface area contributed by atoms with E-state index in [-0.39, 0.29) is 17.9 Å². The van der Waals surface area contributed by atoms with Gasteiger partial charge in [0.2, 0.25) is 11.8 Å². The van der Waals surface area contributed by atoms with Crippen molar-refractivity contribution in [1.29, 1.82) is 0 Å². The van der Waals surface area contributed by atoms with Gasteiger partial charge in [0, 0.05) is 31.7 Å². The zero-order valence-electron chi connectivity index (χ0n) is 11.8. The minimum Gasteiger partial charge on any atom is -0.376 e. The van der Waals surface area contributed by atoms with E-state index in [0.717, 1.165) is 18.5 Å². The van der Waals surface area contributed by atoms with Gasteiger partial charge in [-0.15, -0.1) is 0 Å². The van der Waals surface area contributed by atoms with E-state index < -0.39 is 0 Å². The normalized spacial score (nSPS) is 15.8. The van der Waals surface area contributed by atoms with Crippen molar-refractivity contribution in [3.8, 4) is 0 Å². The highest BCUT2D eigenvalue weighted by Gasteiger charge is 2.22. The molecule has 20 heavy (non-hydrogen) atoms. The maximum atomic E-state index is 12.1. The van der Waals surface area contributed by atoms with Crippen LogP contribution in [0.2, 0.25) is 0 Å². The molecule has 1 aromatic rings. The third-order valence-corrected chi connectivity index (χ3v) is 3.47. The second-order valence-electron chi connectivity index (χ2n) is 5.08. The zero-order chi connectivity index (χ0) is 14.4. The molecule has 0 radical (unpaired) electrons. The van der Waals surface area contributed by atoms with Crippen molar-refractivity contribution in [3.63, 3.8) is 0 Å². The van der Waals surface area contributed by atoms with E-state index in [9.17, 15) is 9.59 Å². The van der Waals surface area contributed by atoms with Crippen molar-refractivity contribution in [2.75, 3.05) is 25.0 Å². The number of para-hydroxylation sites is 1. The fourth-order valence-electron chi connectivity index (χ4n) is 2.41. The van der Waals surface area contributed by atoms with E-state index in [2.05, 4.69) is 10.6 Å². The van der Waals surface area contributed by atoms with Crippen LogP contribution in [0.1, 0.15) is 19.8 Å². The molecule has 0 aromatic heterocycles. The molecule has 2 N–H and O–H groups in total. The van der Waals surface area contributed by atoms with Gasteiger partial charge in [-0.05, 0) is 25.0 Å². The van der Waals surface area contributed by atoms with Crippen LogP contribution in [0, 0.1) is 0 Å². The van der Waals surface area contributed by atoms with Gasteiger partial charge in [-0.1, -0.05) is 18.2 Å². The van der Waals surface area contributed by atoms with Crippen LogP contribution >= 0.6 is 0 Å². The molecule has 1 aromatic carbocycles. The fourth-order valence-corrected chi connectivity index (χ4v) is 2.41. The number of rotatable bonds is 4. The lowest BCUT2D eigenvalue weighted by atomic mass is 10.1. The lowest BCUT2D eigenvalue weighted by molar-refractivity contribution is -0.130. The van der Waals surface area contributed by atoms with Gasteiger partial charge in [-0.25, -0.2) is 0 Å². The Labute approximate surface area is 119 Å². The summed E-state index contributed by atoms with van der Waals surface area (Å²) < 4.78 is 0. The molecular formula is C15H21N3O2. The summed E-state index contributed by atoms with van der Waals surface area (Å²) in [6, 6.07) is 9.91. The molecule has 1 heterocycles. The first-order valence-electron chi connectivity index (χ1n) is 6.99. The number of carbonyl (C=O) groups excluding carboxylic acids is 2. The Kier molecular flexibility index (Phi) is 4.98. The molecule has 0 spiro atoms. The number of likely N-dealkylation sites (tertiary alicyclic amines) is 1. The highest BCUT2D eigenvalue weighted by atomic mass is 16.2. The third kappa shape index (κ3) is 4.26. The van der Waals surface area contributed by atoms with Gasteiger partial charge in [0.05, 0.1) is 6.54 Å². The molecule has 0 atom stereocenters. The maximum Gasteiger partial charge on any atom is 0.241 e. The van der Waals surface area contributed by atoms with Crippen molar-refractivity contribution < 1.29 is 9.59 Å². The SMILES string of the molecule is CC(=O)NC1CCN(C(=O)CNc2ccccc2)CC1. The second kappa shape index (κ2) is 6.93. The number of piperidine rings is 1. The summed E-state index contributed by atoms with van der Waals surface area (Å²) in [5.41, 5.74) is 0.953. The Morgan fingerprint density at radius 2 is 1.85 bits per heavy atom. The average molecular weight is 275 g/mol. The van der Waals surface area contributed by atoms with Crippen LogP contribution in [0.25, 0.3) is 0 Å². The third-order valence-electron chi connectivity index (χ3n) is 3.47. The molecule has 2 rings (SSSR count). The summed E-state index contributed by atoms with van der Waals surface area (Å²) in [5, 5.41) is 6.03. The molecule has 2 amide bonds. The van der Waals surface area contributed by atoms with E-state index in [4.69, 9.17) is 0 Å². The number of benzene rings is 1. The summed E-state index contributed by atoms with van der Waals surface area (Å²) in [6.45, 7) is 3.26. The van der Waals surface area contributed by atoms with Crippen LogP contribution in [-0.2, 0) is 9.59 Å². The first-order valence-corrected chi connectivity index (χ1v) is 6.99. The van der Waals surface area contributed by atoms with Crippen LogP contribution in [0.5, 0.6) is 0 Å². The number of amides is 2. The van der Waals surface area contributed by atoms with Gasteiger partial charge in [0.15, 0.2) is 0 Å². The number of nitrogens with zero attached hydrogens (tertiary/aromatic N) is 1. The highest BCUT2D eigenvalue weighted by Crippen LogP contribution is 2.11. The average Bonchev–Trinajstić information content (AvgIpc) is 2.46. The summed E-state index contributed by atoms with van der Waals surface area (Å²) in [6.07, 6.45) is 1.66. The van der Waals surface area contributed by atoms with Gasteiger partial charge in [-0.2, -0.15) is 0 Å². The summed E-state index contributed by atoms with van der Waals surface area (Å²) in [7, 11) is 0. The summed E-state index contributed by atoms with van der Waals surface area (Å²) in [4.78, 5) is 24.9. The summed E-state index contributed by atoms with van der Waals surface area (Å²) >= 11 is 0. The molecule has 0 bridgehead atoms. The topological polar surface area (TPSA) is 61.4 Å². The molecule has 5 nitrogen and oxygen atoms in total. The molecule has 5 heteroatoms. The number of anilines is 1. The standard InChI is InChI=1S/C15H21N3O2/c1-12(19)17-14-7-9-18(10-8-14)15(20)11-16-13-5-3-2-4-6-13/h2-6,14,16H,7-11H2,1H3,(H,17,19). The lowest BCUT2D eigenvalue weighted by Gasteiger charge is -2.32. The summed E-state index contributed by atoms with van der Waals surface area (Å²) in [5.74, 6) is 0.107. The largest absolute Gasteiger partial charge is 0.376 e. The number of nitrogens with one attached hydrogen (secondary N) is 2. The predicted octanol–water partition coefficient (Wildman–Crippen LogP) is 1.23. The van der Waals surface area contributed by atoms with Crippen LogP contribution in [0.4, 0.5) is 5.69 Å². The van der Waals surface area contributed by atoms with Crippen molar-refractivity contribution in [3.05, 3.63) is 30.3 Å². The minimum absolute atomic E-state index is 0.000482. The van der Waals surface area contributed by atoms with Crippen molar-refractivity contribution >= 4 is 17.5 Å². The monoisotopic (exact) mass is 275 g/mol. The quantitative estimate of drug-likeness (QED) is 0.868. The predicted molar refractivity (Wildman–Crippen MR) is 78.4 cm³/mol. The molecular weight excluding hydrogens is 254 g/mol. The molecule has 0 saturated carbocycles. The van der Waals surface area contributed by atoms with E-state index in [0.29, 0.717) is 19.6 Å². The van der Waals surface area contributed by atoms with E-state index in [1.165, 1.54) is 6.92 Å². The number of hydrogen-bond acceptors (Lipinski definition) is 3. The zero-order valence-corrected chi connectivity index (χ0v) is 11.8. The minimum atomic E-state index is 0.000482. The van der Waals surface area contributed by atoms with Gasteiger partial charge >= 0.3 is 0 Å². The Morgan fingerprint density at radius 1 is 1.20 bits per heavy atom. The molecule has 0 aliphatic carbocycles. The highest BCUT2D eigenvalue weighted by molar-refractivity contribution is 5.81. The molecule has 1 aliphatic rings. The van der Waals surface area contributed by atoms with Crippen molar-refractivity contribution in [2.45, 2.75) is 25.8 Å². The second-order valence-corrected chi connectivity index (χ2v) is 5.08. The van der Waals surface area contributed by atoms with E-state index in [1.54, 1.807) is 0 Å². The molecule has 1 aliphatic heterocycles. The van der Waals surface area contributed by atoms with Crippen LogP contribution in [0.3, 0.4) is 0 Å². The first-order chi connectivity index (χ1) is 9.65. The fraction of sp³-hybridized carbons (Fsp3) is 0.467. The van der Waals surface area contributed by atoms with E-state index in [1.807, 2.05) is 35.2 Å². The Balaban J connectivity index is 1.73. The maximum absolute atomic E-state index is 12.1. The molecule has 1 fully saturated rings. The molecule has 108 valence electrons. The van der Waals surface area contributed by atoms with Gasteiger partial charge < -0.3 is 15.5 Å². The molecule has 1 saturated heterocycles. The van der Waals surface area contributed by atoms with Gasteiger partial charge in [0.1, 0.15) is 0 Å². The Hall–Kier alpha value is -2.04. The van der Waals surface area contributed by atoms with E-state index >= 15 is 0 Å². The van der Waals surface area contributed by atoms with Crippen molar-refractivity contribution in [2.24, 2.45) is 0 Å².